The van der Waals surface area contributed by atoms with E-state index >= 15 is 0 Å². The minimum Gasteiger partial charge on any atom is -0.467 e. The van der Waals surface area contributed by atoms with Crippen LogP contribution in [0.4, 0.5) is 0 Å². The molecule has 0 aliphatic rings. The summed E-state index contributed by atoms with van der Waals surface area (Å²) < 4.78 is 4.36. The fourth-order valence-electron chi connectivity index (χ4n) is 2.50. The van der Waals surface area contributed by atoms with Crippen LogP contribution in [0.1, 0.15) is 34.6 Å². The zero-order chi connectivity index (χ0) is 25.2. The van der Waals surface area contributed by atoms with E-state index in [1.54, 1.807) is 13.8 Å². The number of carbonyl (C=O) groups is 4. The minimum absolute atomic E-state index is 0.150. The number of methoxy groups -OCH3 is 1. The van der Waals surface area contributed by atoms with Gasteiger partial charge in [0.15, 0.2) is 0 Å². The Morgan fingerprint density at radius 2 is 1.15 bits per heavy atom. The van der Waals surface area contributed by atoms with Gasteiger partial charge in [-0.1, -0.05) is 60.7 Å². The monoisotopic (exact) mass is 457 g/mol. The van der Waals surface area contributed by atoms with Gasteiger partial charge in [-0.15, -0.1) is 0 Å². The molecule has 8 nitrogen and oxygen atoms in total. The smallest absolute Gasteiger partial charge is 0.328 e. The molecule has 180 valence electrons. The second-order valence-corrected chi connectivity index (χ2v) is 6.99. The van der Waals surface area contributed by atoms with Crippen molar-refractivity contribution in [2.75, 3.05) is 13.7 Å². The van der Waals surface area contributed by atoms with Gasteiger partial charge in [0.25, 0.3) is 0 Å². The largest absolute Gasteiger partial charge is 0.467 e. The number of amides is 3. The maximum absolute atomic E-state index is 11.0. The molecule has 2 aromatic rings. The van der Waals surface area contributed by atoms with E-state index in [-0.39, 0.29) is 17.7 Å². The number of esters is 1. The maximum atomic E-state index is 11.0. The highest BCUT2D eigenvalue weighted by Gasteiger charge is 2.12. The molecule has 0 saturated carbocycles. The van der Waals surface area contributed by atoms with Gasteiger partial charge in [-0.05, 0) is 31.9 Å². The number of rotatable bonds is 6. The molecule has 8 heteroatoms. The SMILES string of the molecule is CCNC(=O)C(C)NC(C)=O.COC(=O)C(C)NC(C)=O.c1ccc(-c2ccccc2)cc1. The Bertz CT molecular complexity index is 819. The summed E-state index contributed by atoms with van der Waals surface area (Å²) in [6, 6.07) is 19.8. The fourth-order valence-corrected chi connectivity index (χ4v) is 2.50. The second kappa shape index (κ2) is 16.9. The molecule has 3 amide bonds. The summed E-state index contributed by atoms with van der Waals surface area (Å²) in [7, 11) is 1.28. The lowest BCUT2D eigenvalue weighted by atomic mass is 10.1. The van der Waals surface area contributed by atoms with E-state index < -0.39 is 18.1 Å². The zero-order valence-corrected chi connectivity index (χ0v) is 20.2. The molecular weight excluding hydrogens is 422 g/mol. The Hall–Kier alpha value is -3.68. The lowest BCUT2D eigenvalue weighted by Gasteiger charge is -2.10. The van der Waals surface area contributed by atoms with Crippen LogP contribution in [0.3, 0.4) is 0 Å². The minimum atomic E-state index is -0.553. The van der Waals surface area contributed by atoms with Crippen LogP contribution in [0, 0.1) is 0 Å². The number of ether oxygens (including phenoxy) is 1. The first-order valence-electron chi connectivity index (χ1n) is 10.6. The Morgan fingerprint density at radius 3 is 1.48 bits per heavy atom. The molecule has 0 aromatic heterocycles. The Morgan fingerprint density at radius 1 is 0.758 bits per heavy atom. The van der Waals surface area contributed by atoms with Crippen LogP contribution in [0.25, 0.3) is 11.1 Å². The van der Waals surface area contributed by atoms with Crippen LogP contribution in [0.2, 0.25) is 0 Å². The molecule has 2 atom stereocenters. The lowest BCUT2D eigenvalue weighted by Crippen LogP contribution is -2.43. The van der Waals surface area contributed by atoms with Crippen molar-refractivity contribution in [3.63, 3.8) is 0 Å². The summed E-state index contributed by atoms with van der Waals surface area (Å²) >= 11 is 0. The first kappa shape index (κ1) is 29.3. The quantitative estimate of drug-likeness (QED) is 0.577. The van der Waals surface area contributed by atoms with E-state index in [1.165, 1.54) is 32.1 Å². The molecule has 0 bridgehead atoms. The summed E-state index contributed by atoms with van der Waals surface area (Å²) in [5, 5.41) is 7.45. The first-order chi connectivity index (χ1) is 15.6. The van der Waals surface area contributed by atoms with Gasteiger partial charge in [-0.25, -0.2) is 4.79 Å². The molecule has 0 spiro atoms. The number of hydrogen-bond donors (Lipinski definition) is 3. The molecule has 3 N–H and O–H groups in total. The van der Waals surface area contributed by atoms with Crippen molar-refractivity contribution >= 4 is 23.7 Å². The van der Waals surface area contributed by atoms with Crippen LogP contribution in [-0.2, 0) is 23.9 Å². The zero-order valence-electron chi connectivity index (χ0n) is 20.2. The van der Waals surface area contributed by atoms with Crippen molar-refractivity contribution in [3.05, 3.63) is 60.7 Å². The van der Waals surface area contributed by atoms with Crippen LogP contribution in [0.15, 0.2) is 60.7 Å². The average molecular weight is 458 g/mol. The molecule has 2 rings (SSSR count). The number of benzene rings is 2. The van der Waals surface area contributed by atoms with Crippen LogP contribution >= 0.6 is 0 Å². The third-order valence-electron chi connectivity index (χ3n) is 4.02. The van der Waals surface area contributed by atoms with Crippen molar-refractivity contribution in [3.8, 4) is 11.1 Å². The van der Waals surface area contributed by atoms with E-state index in [4.69, 9.17) is 0 Å². The van der Waals surface area contributed by atoms with Gasteiger partial charge in [-0.3, -0.25) is 14.4 Å². The average Bonchev–Trinajstić information content (AvgIpc) is 2.80. The first-order valence-corrected chi connectivity index (χ1v) is 10.6. The van der Waals surface area contributed by atoms with Crippen molar-refractivity contribution in [1.29, 1.82) is 0 Å². The molecule has 0 radical (unpaired) electrons. The van der Waals surface area contributed by atoms with E-state index in [9.17, 15) is 19.2 Å². The highest BCUT2D eigenvalue weighted by Crippen LogP contribution is 2.17. The van der Waals surface area contributed by atoms with Crippen molar-refractivity contribution in [2.24, 2.45) is 0 Å². The molecule has 0 aliphatic carbocycles. The summed E-state index contributed by atoms with van der Waals surface area (Å²) in [5.41, 5.74) is 2.55. The third kappa shape index (κ3) is 14.1. The third-order valence-corrected chi connectivity index (χ3v) is 4.02. The molecule has 0 fully saturated rings. The van der Waals surface area contributed by atoms with Gasteiger partial charge in [-0.2, -0.15) is 0 Å². The summed E-state index contributed by atoms with van der Waals surface area (Å²) in [6.07, 6.45) is 0. The number of hydrogen-bond acceptors (Lipinski definition) is 5. The van der Waals surface area contributed by atoms with Crippen molar-refractivity contribution in [1.82, 2.24) is 16.0 Å². The van der Waals surface area contributed by atoms with Crippen LogP contribution in [0.5, 0.6) is 0 Å². The fraction of sp³-hybridized carbons (Fsp3) is 0.360. The topological polar surface area (TPSA) is 114 Å². The Labute approximate surface area is 196 Å². The second-order valence-electron chi connectivity index (χ2n) is 6.99. The van der Waals surface area contributed by atoms with Crippen molar-refractivity contribution in [2.45, 2.75) is 46.7 Å². The number of nitrogens with one attached hydrogen (secondary N) is 3. The molecule has 33 heavy (non-hydrogen) atoms. The molecule has 2 aromatic carbocycles. The summed E-state index contributed by atoms with van der Waals surface area (Å²) in [6.45, 7) is 8.36. The lowest BCUT2D eigenvalue weighted by molar-refractivity contribution is -0.144. The van der Waals surface area contributed by atoms with Gasteiger partial charge < -0.3 is 20.7 Å². The van der Waals surface area contributed by atoms with Gasteiger partial charge >= 0.3 is 5.97 Å². The Kier molecular flexibility index (Phi) is 15.1. The van der Waals surface area contributed by atoms with Crippen LogP contribution < -0.4 is 16.0 Å². The molecule has 0 aliphatic heterocycles. The number of likely N-dealkylation sites (N-methyl/N-ethyl adjacent to an activating group) is 1. The predicted molar refractivity (Wildman–Crippen MR) is 129 cm³/mol. The van der Waals surface area contributed by atoms with Gasteiger partial charge in [0, 0.05) is 20.4 Å². The predicted octanol–water partition coefficient (Wildman–Crippen LogP) is 2.68. The van der Waals surface area contributed by atoms with Gasteiger partial charge in [0.1, 0.15) is 12.1 Å². The standard InChI is InChI=1S/C12H10.C7H14N2O2.C6H11NO3/c1-3-7-11(8-4-1)12-9-5-2-6-10-12;1-4-8-7(11)5(2)9-6(3)10;1-4(6(9)10-3)7-5(2)8/h1-10H;5H,4H2,1-3H3,(H,8,11)(H,9,10);4H,1-3H3,(H,7,8). The van der Waals surface area contributed by atoms with Gasteiger partial charge in [0.2, 0.25) is 17.7 Å². The van der Waals surface area contributed by atoms with E-state index in [1.807, 2.05) is 19.1 Å². The normalized spacial score (nSPS) is 11.1. The molecule has 2 unspecified atom stereocenters. The number of carbonyl (C=O) groups excluding carboxylic acids is 4. The van der Waals surface area contributed by atoms with Crippen LogP contribution in [-0.4, -0.2) is 49.4 Å². The van der Waals surface area contributed by atoms with E-state index in [0.29, 0.717) is 6.54 Å². The summed E-state index contributed by atoms with van der Waals surface area (Å²) in [4.78, 5) is 42.4. The van der Waals surface area contributed by atoms with E-state index in [2.05, 4.69) is 69.2 Å². The van der Waals surface area contributed by atoms with Crippen molar-refractivity contribution < 1.29 is 23.9 Å². The highest BCUT2D eigenvalue weighted by molar-refractivity contribution is 5.86. The molecule has 0 saturated heterocycles. The van der Waals surface area contributed by atoms with Gasteiger partial charge in [0.05, 0.1) is 7.11 Å². The maximum Gasteiger partial charge on any atom is 0.328 e. The summed E-state index contributed by atoms with van der Waals surface area (Å²) in [5.74, 6) is -1.01. The Balaban J connectivity index is 0.000000469. The molecular formula is C25H35N3O5. The molecule has 0 heterocycles. The van der Waals surface area contributed by atoms with E-state index in [0.717, 1.165) is 0 Å². The highest BCUT2D eigenvalue weighted by atomic mass is 16.5.